The van der Waals surface area contributed by atoms with Crippen molar-refractivity contribution >= 4 is 27.7 Å². The minimum atomic E-state index is -0.572. The van der Waals surface area contributed by atoms with Gasteiger partial charge in [0, 0.05) is 23.3 Å². The quantitative estimate of drug-likeness (QED) is 0.894. The number of nitrogens with one attached hydrogen (secondary N) is 1. The summed E-state index contributed by atoms with van der Waals surface area (Å²) in [7, 11) is 0. The molecule has 1 aliphatic rings. The number of aliphatic hydroxyl groups is 1. The van der Waals surface area contributed by atoms with Crippen LogP contribution in [-0.4, -0.2) is 28.8 Å². The van der Waals surface area contributed by atoms with Gasteiger partial charge < -0.3 is 10.4 Å². The third kappa shape index (κ3) is 3.68. The fraction of sp³-hybridized carbons (Fsp3) is 0.500. The Bertz CT molecular complexity index is 396. The fourth-order valence-corrected chi connectivity index (χ4v) is 3.62. The molecule has 1 saturated heterocycles. The minimum Gasteiger partial charge on any atom is -0.388 e. The predicted octanol–water partition coefficient (Wildman–Crippen LogP) is 2.55. The second kappa shape index (κ2) is 5.69. The second-order valence-corrected chi connectivity index (χ2v) is 6.33. The molecular formula is C12H15BrFNOS. The van der Waals surface area contributed by atoms with Gasteiger partial charge in [0.25, 0.3) is 0 Å². The van der Waals surface area contributed by atoms with Gasteiger partial charge in [-0.05, 0) is 29.9 Å². The Labute approximate surface area is 113 Å². The van der Waals surface area contributed by atoms with Gasteiger partial charge >= 0.3 is 0 Å². The number of benzene rings is 1. The van der Waals surface area contributed by atoms with Crippen molar-refractivity contribution in [3.63, 3.8) is 0 Å². The summed E-state index contributed by atoms with van der Waals surface area (Å²) in [6, 6.07) is 4.65. The Morgan fingerprint density at radius 2 is 2.35 bits per heavy atom. The summed E-state index contributed by atoms with van der Waals surface area (Å²) in [4.78, 5) is 0. The molecule has 0 spiro atoms. The fourth-order valence-electron chi connectivity index (χ4n) is 1.83. The molecule has 0 radical (unpaired) electrons. The van der Waals surface area contributed by atoms with Crippen LogP contribution in [-0.2, 0) is 6.54 Å². The normalized spacial score (nSPS) is 24.2. The van der Waals surface area contributed by atoms with Gasteiger partial charge in [0.05, 0.1) is 5.60 Å². The molecule has 94 valence electrons. The zero-order valence-electron chi connectivity index (χ0n) is 9.38. The minimum absolute atomic E-state index is 0.244. The van der Waals surface area contributed by atoms with E-state index in [1.807, 2.05) is 0 Å². The summed E-state index contributed by atoms with van der Waals surface area (Å²) in [5.74, 6) is 1.58. The zero-order chi connectivity index (χ0) is 12.3. The first kappa shape index (κ1) is 13.3. The SMILES string of the molecule is OC1(CNCc2ccc(F)cc2Br)CCSC1. The molecule has 1 aromatic carbocycles. The molecule has 2 rings (SSSR count). The molecule has 2 nitrogen and oxygen atoms in total. The van der Waals surface area contributed by atoms with Gasteiger partial charge in [-0.25, -0.2) is 4.39 Å². The van der Waals surface area contributed by atoms with Gasteiger partial charge in [0.1, 0.15) is 5.82 Å². The van der Waals surface area contributed by atoms with Crippen molar-refractivity contribution in [3.05, 3.63) is 34.1 Å². The third-order valence-electron chi connectivity index (χ3n) is 2.87. The van der Waals surface area contributed by atoms with Crippen molar-refractivity contribution in [2.75, 3.05) is 18.1 Å². The molecule has 17 heavy (non-hydrogen) atoms. The van der Waals surface area contributed by atoms with Crippen molar-refractivity contribution in [3.8, 4) is 0 Å². The monoisotopic (exact) mass is 319 g/mol. The van der Waals surface area contributed by atoms with E-state index in [-0.39, 0.29) is 5.82 Å². The van der Waals surface area contributed by atoms with Crippen LogP contribution < -0.4 is 5.32 Å². The lowest BCUT2D eigenvalue weighted by Crippen LogP contribution is -2.40. The van der Waals surface area contributed by atoms with Crippen LogP contribution in [0.25, 0.3) is 0 Å². The molecule has 1 heterocycles. The van der Waals surface area contributed by atoms with Crippen LogP contribution in [0.2, 0.25) is 0 Å². The van der Waals surface area contributed by atoms with Crippen molar-refractivity contribution in [2.45, 2.75) is 18.6 Å². The lowest BCUT2D eigenvalue weighted by molar-refractivity contribution is 0.0674. The lowest BCUT2D eigenvalue weighted by atomic mass is 10.0. The van der Waals surface area contributed by atoms with Crippen LogP contribution in [0.4, 0.5) is 4.39 Å². The maximum Gasteiger partial charge on any atom is 0.124 e. The van der Waals surface area contributed by atoms with Crippen LogP contribution in [0.15, 0.2) is 22.7 Å². The molecule has 0 aromatic heterocycles. The van der Waals surface area contributed by atoms with E-state index in [0.29, 0.717) is 13.1 Å². The molecule has 1 fully saturated rings. The first-order valence-corrected chi connectivity index (χ1v) is 7.49. The average molecular weight is 320 g/mol. The molecule has 0 bridgehead atoms. The smallest absolute Gasteiger partial charge is 0.124 e. The molecule has 1 unspecified atom stereocenters. The van der Waals surface area contributed by atoms with Gasteiger partial charge in [0.2, 0.25) is 0 Å². The average Bonchev–Trinajstić information content (AvgIpc) is 2.69. The van der Waals surface area contributed by atoms with Crippen LogP contribution in [0, 0.1) is 5.82 Å². The van der Waals surface area contributed by atoms with E-state index in [2.05, 4.69) is 21.2 Å². The highest BCUT2D eigenvalue weighted by Crippen LogP contribution is 2.27. The van der Waals surface area contributed by atoms with Gasteiger partial charge in [-0.2, -0.15) is 11.8 Å². The topological polar surface area (TPSA) is 32.3 Å². The summed E-state index contributed by atoms with van der Waals surface area (Å²) in [6.07, 6.45) is 0.843. The molecule has 0 aliphatic carbocycles. The summed E-state index contributed by atoms with van der Waals surface area (Å²) >= 11 is 5.11. The first-order valence-electron chi connectivity index (χ1n) is 5.54. The molecular weight excluding hydrogens is 305 g/mol. The first-order chi connectivity index (χ1) is 8.09. The summed E-state index contributed by atoms with van der Waals surface area (Å²) in [5.41, 5.74) is 0.428. The van der Waals surface area contributed by atoms with Crippen LogP contribution in [0.1, 0.15) is 12.0 Å². The number of rotatable bonds is 4. The van der Waals surface area contributed by atoms with Crippen LogP contribution >= 0.6 is 27.7 Å². The maximum atomic E-state index is 12.9. The maximum absolute atomic E-state index is 12.9. The van der Waals surface area contributed by atoms with E-state index in [1.54, 1.807) is 17.8 Å². The number of thioether (sulfide) groups is 1. The van der Waals surface area contributed by atoms with E-state index in [4.69, 9.17) is 0 Å². The number of halogens is 2. The van der Waals surface area contributed by atoms with Crippen molar-refractivity contribution in [1.82, 2.24) is 5.32 Å². The van der Waals surface area contributed by atoms with E-state index in [9.17, 15) is 9.50 Å². The van der Waals surface area contributed by atoms with E-state index in [1.165, 1.54) is 12.1 Å². The number of hydrogen-bond acceptors (Lipinski definition) is 3. The van der Waals surface area contributed by atoms with Crippen LogP contribution in [0.3, 0.4) is 0 Å². The molecule has 1 atom stereocenters. The highest BCUT2D eigenvalue weighted by atomic mass is 79.9. The molecule has 2 N–H and O–H groups in total. The van der Waals surface area contributed by atoms with Crippen LogP contribution in [0.5, 0.6) is 0 Å². The Balaban J connectivity index is 1.85. The van der Waals surface area contributed by atoms with Crippen molar-refractivity contribution in [1.29, 1.82) is 0 Å². The van der Waals surface area contributed by atoms with Crippen molar-refractivity contribution in [2.24, 2.45) is 0 Å². The third-order valence-corrected chi connectivity index (χ3v) is 4.84. The molecule has 1 aliphatic heterocycles. The summed E-state index contributed by atoms with van der Waals surface area (Å²) in [5, 5.41) is 13.4. The highest BCUT2D eigenvalue weighted by Gasteiger charge is 2.30. The zero-order valence-corrected chi connectivity index (χ0v) is 11.8. The Morgan fingerprint density at radius 3 is 3.00 bits per heavy atom. The largest absolute Gasteiger partial charge is 0.388 e. The lowest BCUT2D eigenvalue weighted by Gasteiger charge is -2.21. The summed E-state index contributed by atoms with van der Waals surface area (Å²) < 4.78 is 13.6. The van der Waals surface area contributed by atoms with Gasteiger partial charge in [-0.1, -0.05) is 22.0 Å². The molecule has 0 amide bonds. The second-order valence-electron chi connectivity index (χ2n) is 4.37. The van der Waals surface area contributed by atoms with Gasteiger partial charge in [-0.3, -0.25) is 0 Å². The van der Waals surface area contributed by atoms with E-state index in [0.717, 1.165) is 28.0 Å². The Kier molecular flexibility index (Phi) is 4.47. The highest BCUT2D eigenvalue weighted by molar-refractivity contribution is 9.10. The predicted molar refractivity (Wildman–Crippen MR) is 72.7 cm³/mol. The Hall–Kier alpha value is -0.100. The molecule has 0 saturated carbocycles. The molecule has 1 aromatic rings. The standard InChI is InChI=1S/C12H15BrFNOS/c13-11-5-10(14)2-1-9(11)6-15-7-12(16)3-4-17-8-12/h1-2,5,15-16H,3-4,6-8H2. The van der Waals surface area contributed by atoms with E-state index < -0.39 is 5.60 Å². The molecule has 5 heteroatoms. The van der Waals surface area contributed by atoms with E-state index >= 15 is 0 Å². The van der Waals surface area contributed by atoms with Crippen molar-refractivity contribution < 1.29 is 9.50 Å². The summed E-state index contributed by atoms with van der Waals surface area (Å²) in [6.45, 7) is 1.22. The Morgan fingerprint density at radius 1 is 1.53 bits per heavy atom. The van der Waals surface area contributed by atoms with Gasteiger partial charge in [-0.15, -0.1) is 0 Å². The number of hydrogen-bond donors (Lipinski definition) is 2. The van der Waals surface area contributed by atoms with Gasteiger partial charge in [0.15, 0.2) is 0 Å².